The van der Waals surface area contributed by atoms with Crippen LogP contribution < -0.4 is 5.32 Å². The maximum Gasteiger partial charge on any atom is 0.271 e. The molecule has 1 N–H and O–H groups in total. The Balaban J connectivity index is 2.52. The number of carbonyl (C=O) groups excluding carboxylic acids is 2. The molecular weight excluding hydrogens is 194 g/mol. The molecule has 0 fully saturated rings. The lowest BCUT2D eigenvalue weighted by molar-refractivity contribution is -0.117. The third kappa shape index (κ3) is 3.53. The van der Waals surface area contributed by atoms with Crippen LogP contribution in [0.15, 0.2) is 12.5 Å². The fourth-order valence-electron chi connectivity index (χ4n) is 1.31. The van der Waals surface area contributed by atoms with Gasteiger partial charge in [0.25, 0.3) is 5.91 Å². The van der Waals surface area contributed by atoms with Crippen molar-refractivity contribution >= 4 is 11.7 Å². The second-order valence-electron chi connectivity index (χ2n) is 3.71. The number of nitrogens with one attached hydrogen (secondary N) is 1. The van der Waals surface area contributed by atoms with E-state index in [2.05, 4.69) is 10.3 Å². The lowest BCUT2D eigenvalue weighted by Gasteiger charge is -2.10. The van der Waals surface area contributed by atoms with Crippen molar-refractivity contribution in [2.75, 3.05) is 0 Å². The molecule has 0 aliphatic carbocycles. The molecule has 0 aliphatic heterocycles. The van der Waals surface area contributed by atoms with Crippen molar-refractivity contribution in [1.82, 2.24) is 14.9 Å². The molecule has 0 radical (unpaired) electrons. The van der Waals surface area contributed by atoms with Gasteiger partial charge < -0.3 is 9.88 Å². The van der Waals surface area contributed by atoms with Crippen molar-refractivity contribution < 1.29 is 9.59 Å². The number of rotatable bonds is 4. The van der Waals surface area contributed by atoms with E-state index in [-0.39, 0.29) is 17.7 Å². The van der Waals surface area contributed by atoms with Crippen molar-refractivity contribution in [3.05, 3.63) is 18.2 Å². The van der Waals surface area contributed by atoms with Gasteiger partial charge in [-0.3, -0.25) is 9.59 Å². The molecule has 0 bridgehead atoms. The molecule has 5 nitrogen and oxygen atoms in total. The highest BCUT2D eigenvalue weighted by Crippen LogP contribution is 1.97. The second-order valence-corrected chi connectivity index (χ2v) is 3.71. The van der Waals surface area contributed by atoms with Gasteiger partial charge in [0.05, 0.1) is 6.33 Å². The Bertz CT molecular complexity index is 370. The minimum Gasteiger partial charge on any atom is -0.348 e. The lowest BCUT2D eigenvalue weighted by atomic mass is 10.2. The molecule has 0 saturated heterocycles. The Hall–Kier alpha value is -1.65. The van der Waals surface area contributed by atoms with Crippen LogP contribution in [0.4, 0.5) is 0 Å². The first kappa shape index (κ1) is 11.4. The normalized spacial score (nSPS) is 12.2. The van der Waals surface area contributed by atoms with Crippen LogP contribution >= 0.6 is 0 Å². The third-order valence-electron chi connectivity index (χ3n) is 1.91. The number of ketones is 1. The summed E-state index contributed by atoms with van der Waals surface area (Å²) in [6.07, 6.45) is 3.54. The van der Waals surface area contributed by atoms with E-state index in [1.165, 1.54) is 6.92 Å². The molecule has 1 aromatic rings. The Morgan fingerprint density at radius 2 is 2.27 bits per heavy atom. The third-order valence-corrected chi connectivity index (χ3v) is 1.91. The average Bonchev–Trinajstić information content (AvgIpc) is 2.49. The highest BCUT2D eigenvalue weighted by molar-refractivity contribution is 5.92. The van der Waals surface area contributed by atoms with Crippen molar-refractivity contribution in [3.63, 3.8) is 0 Å². The van der Waals surface area contributed by atoms with E-state index in [9.17, 15) is 9.59 Å². The molecule has 0 aromatic carbocycles. The van der Waals surface area contributed by atoms with Crippen LogP contribution in [0.25, 0.3) is 0 Å². The van der Waals surface area contributed by atoms with E-state index in [0.717, 1.165) is 0 Å². The molecule has 82 valence electrons. The zero-order valence-corrected chi connectivity index (χ0v) is 9.15. The minimum atomic E-state index is -0.246. The summed E-state index contributed by atoms with van der Waals surface area (Å²) in [5.74, 6) is -0.187. The van der Waals surface area contributed by atoms with Crippen LogP contribution in [0.1, 0.15) is 30.8 Å². The van der Waals surface area contributed by atoms with Gasteiger partial charge in [-0.1, -0.05) is 0 Å². The number of Topliss-reactive ketones (excluding diaryl/α,β-unsaturated/α-hetero) is 1. The van der Waals surface area contributed by atoms with Crippen molar-refractivity contribution in [2.24, 2.45) is 7.05 Å². The number of hydrogen-bond donors (Lipinski definition) is 1. The molecule has 1 atom stereocenters. The number of aryl methyl sites for hydroxylation is 1. The van der Waals surface area contributed by atoms with Crippen molar-refractivity contribution in [1.29, 1.82) is 0 Å². The van der Waals surface area contributed by atoms with Crippen molar-refractivity contribution in [3.8, 4) is 0 Å². The van der Waals surface area contributed by atoms with Gasteiger partial charge in [0.15, 0.2) is 0 Å². The van der Waals surface area contributed by atoms with Crippen LogP contribution in [-0.4, -0.2) is 27.3 Å². The zero-order valence-electron chi connectivity index (χ0n) is 9.15. The molecule has 1 unspecified atom stereocenters. The van der Waals surface area contributed by atoms with Crippen LogP contribution in [0, 0.1) is 0 Å². The first-order chi connectivity index (χ1) is 6.99. The minimum absolute atomic E-state index is 0.0591. The Labute approximate surface area is 88.5 Å². The largest absolute Gasteiger partial charge is 0.348 e. The van der Waals surface area contributed by atoms with E-state index in [4.69, 9.17) is 0 Å². The molecule has 1 heterocycles. The summed E-state index contributed by atoms with van der Waals surface area (Å²) in [6.45, 7) is 3.30. The van der Waals surface area contributed by atoms with E-state index in [0.29, 0.717) is 12.1 Å². The Morgan fingerprint density at radius 1 is 1.60 bits per heavy atom. The zero-order chi connectivity index (χ0) is 11.4. The highest BCUT2D eigenvalue weighted by Gasteiger charge is 2.12. The van der Waals surface area contributed by atoms with E-state index in [1.807, 2.05) is 0 Å². The van der Waals surface area contributed by atoms with E-state index >= 15 is 0 Å². The number of nitrogens with zero attached hydrogens (tertiary/aromatic N) is 2. The quantitative estimate of drug-likeness (QED) is 0.786. The molecule has 1 amide bonds. The Morgan fingerprint density at radius 3 is 2.73 bits per heavy atom. The van der Waals surface area contributed by atoms with Gasteiger partial charge in [0.1, 0.15) is 11.5 Å². The van der Waals surface area contributed by atoms with Crippen LogP contribution in [0.3, 0.4) is 0 Å². The number of aromatic nitrogens is 2. The summed E-state index contributed by atoms with van der Waals surface area (Å²) in [7, 11) is 1.79. The predicted octanol–water partition coefficient (Wildman–Crippen LogP) is 0.517. The predicted molar refractivity (Wildman–Crippen MR) is 55.4 cm³/mol. The van der Waals surface area contributed by atoms with Gasteiger partial charge in [-0.05, 0) is 13.8 Å². The number of imidazole rings is 1. The molecular formula is C10H15N3O2. The van der Waals surface area contributed by atoms with Crippen molar-refractivity contribution in [2.45, 2.75) is 26.3 Å². The second kappa shape index (κ2) is 4.72. The van der Waals surface area contributed by atoms with E-state index < -0.39 is 0 Å². The molecule has 5 heteroatoms. The molecule has 1 rings (SSSR count). The summed E-state index contributed by atoms with van der Waals surface area (Å²) in [4.78, 5) is 26.3. The number of carbonyl (C=O) groups is 2. The molecule has 15 heavy (non-hydrogen) atoms. The average molecular weight is 209 g/mol. The molecule has 0 aliphatic rings. The first-order valence-electron chi connectivity index (χ1n) is 4.77. The van der Waals surface area contributed by atoms with Crippen LogP contribution in [0.2, 0.25) is 0 Å². The summed E-state index contributed by atoms with van der Waals surface area (Å²) < 4.78 is 1.70. The lowest BCUT2D eigenvalue weighted by Crippen LogP contribution is -2.34. The molecule has 0 spiro atoms. The van der Waals surface area contributed by atoms with Crippen LogP contribution in [0.5, 0.6) is 0 Å². The number of amides is 1. The summed E-state index contributed by atoms with van der Waals surface area (Å²) in [5, 5.41) is 2.71. The topological polar surface area (TPSA) is 64.0 Å². The van der Waals surface area contributed by atoms with Gasteiger partial charge in [-0.2, -0.15) is 0 Å². The monoisotopic (exact) mass is 209 g/mol. The SMILES string of the molecule is CC(=O)CC(C)NC(=O)c1cn(C)cn1. The smallest absolute Gasteiger partial charge is 0.271 e. The van der Waals surface area contributed by atoms with Crippen LogP contribution in [-0.2, 0) is 11.8 Å². The maximum absolute atomic E-state index is 11.6. The van der Waals surface area contributed by atoms with Gasteiger partial charge in [-0.15, -0.1) is 0 Å². The fourth-order valence-corrected chi connectivity index (χ4v) is 1.31. The highest BCUT2D eigenvalue weighted by atomic mass is 16.2. The summed E-state index contributed by atoms with van der Waals surface area (Å²) in [6, 6.07) is -0.156. The van der Waals surface area contributed by atoms with Gasteiger partial charge in [0, 0.05) is 25.7 Å². The summed E-state index contributed by atoms with van der Waals surface area (Å²) in [5.41, 5.74) is 0.368. The molecule has 0 saturated carbocycles. The van der Waals surface area contributed by atoms with Gasteiger partial charge in [0.2, 0.25) is 0 Å². The fraction of sp³-hybridized carbons (Fsp3) is 0.500. The first-order valence-corrected chi connectivity index (χ1v) is 4.77. The maximum atomic E-state index is 11.6. The molecule has 1 aromatic heterocycles. The van der Waals surface area contributed by atoms with Gasteiger partial charge >= 0.3 is 0 Å². The van der Waals surface area contributed by atoms with Gasteiger partial charge in [-0.25, -0.2) is 4.98 Å². The van der Waals surface area contributed by atoms with E-state index in [1.54, 1.807) is 31.1 Å². The standard InChI is InChI=1S/C10H15N3O2/c1-7(4-8(2)14)12-10(15)9-5-13(3)6-11-9/h5-7H,4H2,1-3H3,(H,12,15). The number of hydrogen-bond acceptors (Lipinski definition) is 3. The summed E-state index contributed by atoms with van der Waals surface area (Å²) >= 11 is 0. The Kier molecular flexibility index (Phi) is 3.60.